The molecule has 0 aliphatic heterocycles. The molecule has 3 aliphatic rings. The van der Waals surface area contributed by atoms with Gasteiger partial charge < -0.3 is 9.64 Å². The molecule has 166 valence electrons. The van der Waals surface area contributed by atoms with Gasteiger partial charge in [-0.1, -0.05) is 6.92 Å². The van der Waals surface area contributed by atoms with E-state index in [1.165, 1.54) is 36.8 Å². The van der Waals surface area contributed by atoms with Crippen LogP contribution in [0.5, 0.6) is 5.75 Å². The monoisotopic (exact) mass is 475 g/mol. The van der Waals surface area contributed by atoms with Crippen molar-refractivity contribution in [3.8, 4) is 5.75 Å². The zero-order valence-electron chi connectivity index (χ0n) is 19.5. The predicted molar refractivity (Wildman–Crippen MR) is 126 cm³/mol. The molecule has 3 aliphatic carbocycles. The van der Waals surface area contributed by atoms with E-state index in [1.807, 2.05) is 0 Å². The Bertz CT molecular complexity index is 811. The van der Waals surface area contributed by atoms with Crippen molar-refractivity contribution in [2.24, 2.45) is 23.2 Å². The minimum atomic E-state index is 0.154. The molecule has 0 saturated heterocycles. The molecule has 0 aromatic heterocycles. The number of carbonyl (C=O) groups excluding carboxylic acids is 1. The maximum Gasteiger partial charge on any atom is 0.226 e. The Morgan fingerprint density at radius 1 is 1.13 bits per heavy atom. The van der Waals surface area contributed by atoms with Crippen molar-refractivity contribution in [3.05, 3.63) is 27.7 Å². The van der Waals surface area contributed by atoms with Gasteiger partial charge in [-0.3, -0.25) is 4.79 Å². The lowest BCUT2D eigenvalue weighted by molar-refractivity contribution is -0.144. The second-order valence-corrected chi connectivity index (χ2v) is 11.6. The van der Waals surface area contributed by atoms with Crippen LogP contribution in [0.15, 0.2) is 16.6 Å². The molecule has 1 amide bonds. The third-order valence-electron chi connectivity index (χ3n) is 8.66. The topological polar surface area (TPSA) is 29.5 Å². The van der Waals surface area contributed by atoms with Crippen molar-refractivity contribution in [1.82, 2.24) is 4.90 Å². The molecule has 1 aromatic carbocycles. The second-order valence-electron chi connectivity index (χ2n) is 10.7. The smallest absolute Gasteiger partial charge is 0.226 e. The Morgan fingerprint density at radius 2 is 1.83 bits per heavy atom. The number of hydrogen-bond acceptors (Lipinski definition) is 2. The Balaban J connectivity index is 1.61. The molecule has 0 bridgehead atoms. The minimum absolute atomic E-state index is 0.154. The molecular weight excluding hydrogens is 438 g/mol. The number of methoxy groups -OCH3 is 1. The number of nitrogens with zero attached hydrogens (tertiary/aromatic N) is 1. The molecule has 0 heterocycles. The first-order valence-corrected chi connectivity index (χ1v) is 12.7. The lowest BCUT2D eigenvalue weighted by atomic mass is 9.54. The number of amides is 1. The van der Waals surface area contributed by atoms with Gasteiger partial charge >= 0.3 is 0 Å². The van der Waals surface area contributed by atoms with Crippen LogP contribution in [-0.4, -0.2) is 30.0 Å². The van der Waals surface area contributed by atoms with Gasteiger partial charge in [0.05, 0.1) is 11.6 Å². The van der Waals surface area contributed by atoms with E-state index in [-0.39, 0.29) is 23.4 Å². The van der Waals surface area contributed by atoms with Crippen LogP contribution in [0, 0.1) is 23.2 Å². The highest BCUT2D eigenvalue weighted by atomic mass is 79.9. The fourth-order valence-corrected chi connectivity index (χ4v) is 7.94. The quantitative estimate of drug-likeness (QED) is 0.492. The molecule has 30 heavy (non-hydrogen) atoms. The number of halogens is 1. The summed E-state index contributed by atoms with van der Waals surface area (Å²) in [6.07, 6.45) is 7.04. The third kappa shape index (κ3) is 3.42. The van der Waals surface area contributed by atoms with Gasteiger partial charge in [-0.2, -0.15) is 0 Å². The molecule has 3 nitrogen and oxygen atoms in total. The molecule has 0 N–H and O–H groups in total. The SMILES string of the molecule is COc1cc2c(cc1Br)[C@H]1CC[C@]3(C)[C@@H](C(=O)N(C(C)C)C(C)C)CC[C@H]3[C@@H]1CC2. The van der Waals surface area contributed by atoms with Crippen molar-refractivity contribution in [1.29, 1.82) is 0 Å². The first-order valence-electron chi connectivity index (χ1n) is 11.9. The minimum Gasteiger partial charge on any atom is -0.496 e. The first-order chi connectivity index (χ1) is 14.2. The summed E-state index contributed by atoms with van der Waals surface area (Å²) >= 11 is 3.72. The second kappa shape index (κ2) is 8.15. The van der Waals surface area contributed by atoms with Crippen molar-refractivity contribution < 1.29 is 9.53 Å². The summed E-state index contributed by atoms with van der Waals surface area (Å²) in [4.78, 5) is 15.8. The number of aryl methyl sites for hydroxylation is 1. The van der Waals surface area contributed by atoms with Crippen molar-refractivity contribution in [2.45, 2.75) is 91.1 Å². The van der Waals surface area contributed by atoms with Crippen LogP contribution in [0.4, 0.5) is 0 Å². The summed E-state index contributed by atoms with van der Waals surface area (Å²) in [5.41, 5.74) is 3.15. The molecule has 5 atom stereocenters. The molecule has 2 saturated carbocycles. The molecule has 1 aromatic rings. The largest absolute Gasteiger partial charge is 0.496 e. The standard InChI is InChI=1S/C26H38BrNO2/c1-15(2)28(16(3)4)25(29)22-10-9-21-19-8-7-17-13-24(30-6)23(27)14-20(17)18(19)11-12-26(21,22)5/h13-16,18-19,21-22H,7-12H2,1-6H3/t18-,19+,21-,22+,26-/m0/s1. The molecule has 2 fully saturated rings. The van der Waals surface area contributed by atoms with Crippen LogP contribution in [0.2, 0.25) is 0 Å². The van der Waals surface area contributed by atoms with Gasteiger partial charge in [0.25, 0.3) is 0 Å². The predicted octanol–water partition coefficient (Wildman–Crippen LogP) is 6.58. The van der Waals surface area contributed by atoms with E-state index in [2.05, 4.69) is 67.6 Å². The van der Waals surface area contributed by atoms with Crippen LogP contribution < -0.4 is 4.74 Å². The van der Waals surface area contributed by atoms with Crippen LogP contribution in [0.3, 0.4) is 0 Å². The molecule has 4 heteroatoms. The van der Waals surface area contributed by atoms with E-state index in [9.17, 15) is 4.79 Å². The fraction of sp³-hybridized carbons (Fsp3) is 0.731. The number of rotatable bonds is 4. The van der Waals surface area contributed by atoms with E-state index in [4.69, 9.17) is 4.74 Å². The Kier molecular flexibility index (Phi) is 6.02. The van der Waals surface area contributed by atoms with Gasteiger partial charge in [0, 0.05) is 18.0 Å². The van der Waals surface area contributed by atoms with E-state index in [1.54, 1.807) is 7.11 Å². The average molecular weight is 476 g/mol. The van der Waals surface area contributed by atoms with Gasteiger partial charge in [-0.15, -0.1) is 0 Å². The highest BCUT2D eigenvalue weighted by Gasteiger charge is 2.57. The molecule has 0 spiro atoms. The summed E-state index contributed by atoms with van der Waals surface area (Å²) in [6, 6.07) is 5.11. The summed E-state index contributed by atoms with van der Waals surface area (Å²) in [7, 11) is 1.75. The number of carbonyl (C=O) groups is 1. The number of hydrogen-bond donors (Lipinski definition) is 0. The van der Waals surface area contributed by atoms with Crippen LogP contribution >= 0.6 is 15.9 Å². The molecule has 4 rings (SSSR count). The molecule has 0 radical (unpaired) electrons. The van der Waals surface area contributed by atoms with E-state index in [0.29, 0.717) is 23.7 Å². The summed E-state index contributed by atoms with van der Waals surface area (Å²) in [5.74, 6) is 3.56. The van der Waals surface area contributed by atoms with E-state index in [0.717, 1.165) is 23.1 Å². The lowest BCUT2D eigenvalue weighted by Crippen LogP contribution is -2.50. The Hall–Kier alpha value is -1.03. The maximum absolute atomic E-state index is 13.7. The Morgan fingerprint density at radius 3 is 2.47 bits per heavy atom. The van der Waals surface area contributed by atoms with Crippen LogP contribution in [0.25, 0.3) is 0 Å². The third-order valence-corrected chi connectivity index (χ3v) is 9.28. The number of ether oxygens (including phenoxy) is 1. The number of benzene rings is 1. The highest BCUT2D eigenvalue weighted by molar-refractivity contribution is 9.10. The molecular formula is C26H38BrNO2. The van der Waals surface area contributed by atoms with E-state index < -0.39 is 0 Å². The van der Waals surface area contributed by atoms with Gasteiger partial charge in [0.2, 0.25) is 5.91 Å². The molecule has 0 unspecified atom stereocenters. The van der Waals surface area contributed by atoms with Gasteiger partial charge in [-0.05, 0) is 129 Å². The van der Waals surface area contributed by atoms with Gasteiger partial charge in [-0.25, -0.2) is 0 Å². The highest BCUT2D eigenvalue weighted by Crippen LogP contribution is 2.63. The lowest BCUT2D eigenvalue weighted by Gasteiger charge is -2.51. The summed E-state index contributed by atoms with van der Waals surface area (Å²) in [6.45, 7) is 11.1. The normalized spacial score (nSPS) is 32.6. The zero-order chi connectivity index (χ0) is 21.8. The summed E-state index contributed by atoms with van der Waals surface area (Å²) in [5, 5.41) is 0. The average Bonchev–Trinajstić information content (AvgIpc) is 3.04. The van der Waals surface area contributed by atoms with E-state index >= 15 is 0 Å². The zero-order valence-corrected chi connectivity index (χ0v) is 21.1. The van der Waals surface area contributed by atoms with Crippen molar-refractivity contribution in [2.75, 3.05) is 7.11 Å². The maximum atomic E-state index is 13.7. The van der Waals surface area contributed by atoms with Crippen molar-refractivity contribution >= 4 is 21.8 Å². The summed E-state index contributed by atoms with van der Waals surface area (Å²) < 4.78 is 6.62. The first kappa shape index (κ1) is 22.2. The van der Waals surface area contributed by atoms with Crippen LogP contribution in [0.1, 0.15) is 83.8 Å². The number of fused-ring (bicyclic) bond motifs is 5. The Labute approximate surface area is 191 Å². The van der Waals surface area contributed by atoms with Crippen molar-refractivity contribution in [3.63, 3.8) is 0 Å². The van der Waals surface area contributed by atoms with Crippen LogP contribution in [-0.2, 0) is 11.2 Å². The van der Waals surface area contributed by atoms with Gasteiger partial charge in [0.1, 0.15) is 5.75 Å². The van der Waals surface area contributed by atoms with Gasteiger partial charge in [0.15, 0.2) is 0 Å². The fourth-order valence-electron chi connectivity index (χ4n) is 7.42.